The molecule has 3 nitrogen and oxygen atoms in total. The molecule has 0 aliphatic carbocycles. The summed E-state index contributed by atoms with van der Waals surface area (Å²) >= 11 is 0. The Labute approximate surface area is 353 Å². The molecule has 0 N–H and O–H groups in total. The molecule has 12 rings (SSSR count). The highest BCUT2D eigenvalue weighted by Crippen LogP contribution is 2.44. The van der Waals surface area contributed by atoms with Crippen LogP contribution in [-0.2, 0) is 0 Å². The molecule has 2 heterocycles. The first kappa shape index (κ1) is 34.9. The van der Waals surface area contributed by atoms with E-state index in [0.717, 1.165) is 83.2 Å². The maximum atomic E-state index is 6.63. The fraction of sp³-hybridized carbons (Fsp3) is 0. The van der Waals surface area contributed by atoms with Crippen molar-refractivity contribution in [1.82, 2.24) is 0 Å². The number of nitrogens with zero attached hydrogens (tertiary/aromatic N) is 1. The molecule has 10 aromatic carbocycles. The van der Waals surface area contributed by atoms with Gasteiger partial charge in [-0.2, -0.15) is 0 Å². The normalized spacial score (nSPS) is 11.6. The van der Waals surface area contributed by atoms with E-state index in [1.165, 1.54) is 33.0 Å². The number of hydrogen-bond acceptors (Lipinski definition) is 3. The maximum absolute atomic E-state index is 6.63. The second-order valence-corrected chi connectivity index (χ2v) is 15.7. The minimum absolute atomic E-state index is 0.850. The van der Waals surface area contributed by atoms with Gasteiger partial charge in [0.15, 0.2) is 5.58 Å². The number of rotatable bonds is 7. The van der Waals surface area contributed by atoms with Crippen molar-refractivity contribution in [2.45, 2.75) is 0 Å². The molecule has 0 spiro atoms. The molecular weight excluding hydrogens is 743 g/mol. The van der Waals surface area contributed by atoms with Crippen LogP contribution in [0.5, 0.6) is 0 Å². The molecule has 286 valence electrons. The summed E-state index contributed by atoms with van der Waals surface area (Å²) in [6.07, 6.45) is 0. The second kappa shape index (κ2) is 14.3. The van der Waals surface area contributed by atoms with Gasteiger partial charge in [0.2, 0.25) is 0 Å². The molecular formula is C58H37NO2. The van der Waals surface area contributed by atoms with Gasteiger partial charge in [-0.25, -0.2) is 0 Å². The lowest BCUT2D eigenvalue weighted by atomic mass is 9.95. The highest BCUT2D eigenvalue weighted by Gasteiger charge is 2.20. The van der Waals surface area contributed by atoms with Crippen molar-refractivity contribution in [1.29, 1.82) is 0 Å². The molecule has 0 atom stereocenters. The van der Waals surface area contributed by atoms with Crippen LogP contribution < -0.4 is 4.90 Å². The van der Waals surface area contributed by atoms with Gasteiger partial charge in [0.25, 0.3) is 0 Å². The number of furan rings is 2. The zero-order valence-corrected chi connectivity index (χ0v) is 33.1. The number of benzene rings is 10. The summed E-state index contributed by atoms with van der Waals surface area (Å²) in [7, 11) is 0. The van der Waals surface area contributed by atoms with E-state index < -0.39 is 0 Å². The van der Waals surface area contributed by atoms with Crippen molar-refractivity contribution in [3.05, 3.63) is 224 Å². The minimum atomic E-state index is 0.850. The van der Waals surface area contributed by atoms with Crippen molar-refractivity contribution in [2.75, 3.05) is 4.90 Å². The van der Waals surface area contributed by atoms with Crippen LogP contribution in [-0.4, -0.2) is 0 Å². The van der Waals surface area contributed by atoms with Crippen molar-refractivity contribution in [3.63, 3.8) is 0 Å². The summed E-state index contributed by atoms with van der Waals surface area (Å²) < 4.78 is 13.1. The highest BCUT2D eigenvalue weighted by molar-refractivity contribution is 6.11. The van der Waals surface area contributed by atoms with Crippen molar-refractivity contribution in [3.8, 4) is 44.5 Å². The van der Waals surface area contributed by atoms with Crippen molar-refractivity contribution in [2.24, 2.45) is 0 Å². The number of anilines is 3. The highest BCUT2D eigenvalue weighted by atomic mass is 16.3. The quantitative estimate of drug-likeness (QED) is 0.161. The van der Waals surface area contributed by atoms with Gasteiger partial charge in [-0.1, -0.05) is 164 Å². The monoisotopic (exact) mass is 779 g/mol. The fourth-order valence-corrected chi connectivity index (χ4v) is 9.03. The van der Waals surface area contributed by atoms with Crippen LogP contribution in [0.25, 0.3) is 99.2 Å². The summed E-state index contributed by atoms with van der Waals surface area (Å²) in [5.41, 5.74) is 15.8. The van der Waals surface area contributed by atoms with Crippen LogP contribution in [0.2, 0.25) is 0 Å². The predicted octanol–water partition coefficient (Wildman–Crippen LogP) is 16.8. The van der Waals surface area contributed by atoms with E-state index in [-0.39, 0.29) is 0 Å². The van der Waals surface area contributed by atoms with Crippen LogP contribution in [0.1, 0.15) is 0 Å². The van der Waals surface area contributed by atoms with Crippen LogP contribution in [0, 0.1) is 0 Å². The van der Waals surface area contributed by atoms with E-state index in [2.05, 4.69) is 205 Å². The largest absolute Gasteiger partial charge is 0.455 e. The van der Waals surface area contributed by atoms with Gasteiger partial charge in [0.1, 0.15) is 16.7 Å². The van der Waals surface area contributed by atoms with Gasteiger partial charge in [0, 0.05) is 38.5 Å². The van der Waals surface area contributed by atoms with Crippen molar-refractivity contribution >= 4 is 71.7 Å². The van der Waals surface area contributed by atoms with Gasteiger partial charge in [-0.15, -0.1) is 0 Å². The summed E-state index contributed by atoms with van der Waals surface area (Å²) in [5, 5.41) is 6.94. The zero-order chi connectivity index (χ0) is 40.3. The summed E-state index contributed by atoms with van der Waals surface area (Å²) in [6, 6.07) is 79.9. The Morgan fingerprint density at radius 3 is 1.39 bits per heavy atom. The van der Waals surface area contributed by atoms with Gasteiger partial charge in [-0.3, -0.25) is 0 Å². The Hall–Kier alpha value is -8.14. The van der Waals surface area contributed by atoms with E-state index >= 15 is 0 Å². The molecule has 0 saturated carbocycles. The molecule has 0 bridgehead atoms. The standard InChI is InChI=1S/C58H37NO2/c1-2-12-41-36-46(26-25-38(41)11-1)45-16-8-15-44(37-45)43-14-7-13-42(35-43)39-27-31-47(32-28-39)59(54-22-10-21-53-51-18-4-6-24-56(51)61-58(53)54)48-33-29-40(30-34-48)49-19-9-20-52-50-17-3-5-23-55(50)60-57(49)52/h1-37H. The van der Waals surface area contributed by atoms with E-state index in [4.69, 9.17) is 8.83 Å². The predicted molar refractivity (Wildman–Crippen MR) is 255 cm³/mol. The topological polar surface area (TPSA) is 29.5 Å². The first-order valence-electron chi connectivity index (χ1n) is 20.7. The van der Waals surface area contributed by atoms with Crippen LogP contribution in [0.3, 0.4) is 0 Å². The lowest BCUT2D eigenvalue weighted by molar-refractivity contribution is 0.669. The first-order valence-corrected chi connectivity index (χ1v) is 20.7. The Morgan fingerprint density at radius 1 is 0.279 bits per heavy atom. The Balaban J connectivity index is 0.919. The summed E-state index contributed by atoms with van der Waals surface area (Å²) in [5.74, 6) is 0. The molecule has 0 amide bonds. The molecule has 12 aromatic rings. The zero-order valence-electron chi connectivity index (χ0n) is 33.1. The molecule has 0 unspecified atom stereocenters. The van der Waals surface area contributed by atoms with E-state index in [9.17, 15) is 0 Å². The Morgan fingerprint density at radius 2 is 0.738 bits per heavy atom. The smallest absolute Gasteiger partial charge is 0.159 e. The second-order valence-electron chi connectivity index (χ2n) is 15.7. The van der Waals surface area contributed by atoms with E-state index in [1.54, 1.807) is 0 Å². The van der Waals surface area contributed by atoms with Gasteiger partial charge >= 0.3 is 0 Å². The molecule has 3 heteroatoms. The molecule has 61 heavy (non-hydrogen) atoms. The fourth-order valence-electron chi connectivity index (χ4n) is 9.03. The van der Waals surface area contributed by atoms with Gasteiger partial charge in [-0.05, 0) is 110 Å². The number of para-hydroxylation sites is 4. The SMILES string of the molecule is c1cc(-c2ccc(N(c3ccc(-c4cccc5c4oc4ccccc45)cc3)c3cccc4c3oc3ccccc34)cc2)cc(-c2cccc(-c3ccc4ccccc4c3)c2)c1. The molecule has 0 saturated heterocycles. The van der Waals surface area contributed by atoms with Crippen LogP contribution >= 0.6 is 0 Å². The lowest BCUT2D eigenvalue weighted by Gasteiger charge is -2.26. The molecule has 0 radical (unpaired) electrons. The number of hydrogen-bond donors (Lipinski definition) is 0. The molecule has 0 fully saturated rings. The summed E-state index contributed by atoms with van der Waals surface area (Å²) in [6.45, 7) is 0. The third kappa shape index (κ3) is 6.06. The molecule has 0 aliphatic heterocycles. The van der Waals surface area contributed by atoms with Gasteiger partial charge < -0.3 is 13.7 Å². The third-order valence-corrected chi connectivity index (χ3v) is 12.1. The number of fused-ring (bicyclic) bond motifs is 7. The third-order valence-electron chi connectivity index (χ3n) is 12.1. The lowest BCUT2D eigenvalue weighted by Crippen LogP contribution is -2.10. The van der Waals surface area contributed by atoms with Gasteiger partial charge in [0.05, 0.1) is 5.69 Å². The maximum Gasteiger partial charge on any atom is 0.159 e. The minimum Gasteiger partial charge on any atom is -0.455 e. The molecule has 2 aromatic heterocycles. The first-order chi connectivity index (χ1) is 30.2. The average Bonchev–Trinajstić information content (AvgIpc) is 3.91. The van der Waals surface area contributed by atoms with E-state index in [1.807, 2.05) is 24.3 Å². The Kier molecular flexibility index (Phi) is 8.17. The van der Waals surface area contributed by atoms with E-state index in [0.29, 0.717) is 0 Å². The van der Waals surface area contributed by atoms with Crippen LogP contribution in [0.4, 0.5) is 17.1 Å². The van der Waals surface area contributed by atoms with Crippen LogP contribution in [0.15, 0.2) is 233 Å². The molecule has 0 aliphatic rings. The summed E-state index contributed by atoms with van der Waals surface area (Å²) in [4.78, 5) is 2.30. The van der Waals surface area contributed by atoms with Crippen molar-refractivity contribution < 1.29 is 8.83 Å². The Bertz CT molecular complexity index is 3590. The average molecular weight is 780 g/mol.